The number of urea groups is 1. The molecule has 0 aromatic carbocycles. The van der Waals surface area contributed by atoms with Crippen LogP contribution in [-0.2, 0) is 9.53 Å². The topological polar surface area (TPSA) is 91.8 Å². The molecule has 0 unspecified atom stereocenters. The number of aromatic nitrogens is 1. The van der Waals surface area contributed by atoms with E-state index >= 15 is 0 Å². The lowest BCUT2D eigenvalue weighted by Gasteiger charge is -2.49. The quantitative estimate of drug-likeness (QED) is 0.426. The lowest BCUT2D eigenvalue weighted by atomic mass is 9.86. The van der Waals surface area contributed by atoms with Gasteiger partial charge in [-0.25, -0.2) is 9.78 Å². The second-order valence-electron chi connectivity index (χ2n) is 7.78. The van der Waals surface area contributed by atoms with Crippen LogP contribution in [0.4, 0.5) is 9.93 Å². The van der Waals surface area contributed by atoms with Crippen LogP contribution >= 0.6 is 23.1 Å². The molecule has 3 rings (SSSR count). The van der Waals surface area contributed by atoms with Crippen LogP contribution in [-0.4, -0.2) is 51.6 Å². The fraction of sp³-hybridized carbons (Fsp3) is 0.750. The van der Waals surface area contributed by atoms with Gasteiger partial charge in [0.15, 0.2) is 5.13 Å². The molecule has 0 spiro atoms. The maximum atomic E-state index is 13.4. The number of aliphatic carboxylic acids is 1. The minimum Gasteiger partial charge on any atom is -0.481 e. The van der Waals surface area contributed by atoms with Crippen molar-refractivity contribution in [2.75, 3.05) is 18.2 Å². The second kappa shape index (κ2) is 10.6. The maximum Gasteiger partial charge on any atom is 0.326 e. The van der Waals surface area contributed by atoms with Crippen molar-refractivity contribution in [2.24, 2.45) is 0 Å². The maximum absolute atomic E-state index is 13.4. The monoisotopic (exact) mass is 441 g/mol. The molecule has 162 valence electrons. The van der Waals surface area contributed by atoms with Crippen LogP contribution in [0.15, 0.2) is 10.4 Å². The predicted octanol–water partition coefficient (Wildman–Crippen LogP) is 5.18. The summed E-state index contributed by atoms with van der Waals surface area (Å²) < 4.78 is 6.93. The lowest BCUT2D eigenvalue weighted by Crippen LogP contribution is -2.60. The minimum atomic E-state index is -0.809. The Balaban J connectivity index is 1.71. The number of nitrogens with zero attached hydrogens (tertiary/aromatic N) is 2. The fourth-order valence-electron chi connectivity index (χ4n) is 4.44. The van der Waals surface area contributed by atoms with Crippen molar-refractivity contribution in [3.05, 3.63) is 6.20 Å². The molecule has 1 aromatic heterocycles. The Morgan fingerprint density at radius 2 is 1.97 bits per heavy atom. The van der Waals surface area contributed by atoms with E-state index < -0.39 is 11.7 Å². The van der Waals surface area contributed by atoms with Crippen LogP contribution in [0.3, 0.4) is 0 Å². The van der Waals surface area contributed by atoms with E-state index in [0.29, 0.717) is 10.9 Å². The number of anilines is 1. The number of carbonyl (C=O) groups excluding carboxylic acids is 1. The number of rotatable bonds is 8. The average molecular weight is 442 g/mol. The summed E-state index contributed by atoms with van der Waals surface area (Å²) in [6.07, 6.45) is 12.5. The standard InChI is InChI=1S/C20H31N3O4S2/c1-27-20(11-6-3-7-12-20)23(15-8-4-2-5-9-15)19(26)22-18-21-14-17(29-18)28-13-10-16(24)25/h14-15H,2-13H2,1H3,(H,24,25)(H,21,22,26). The Hall–Kier alpha value is -1.32. The van der Waals surface area contributed by atoms with Crippen LogP contribution in [0.5, 0.6) is 0 Å². The highest BCUT2D eigenvalue weighted by Gasteiger charge is 2.44. The van der Waals surface area contributed by atoms with Crippen molar-refractivity contribution in [1.82, 2.24) is 9.88 Å². The number of amides is 2. The zero-order chi connectivity index (χ0) is 20.7. The number of thiazole rings is 1. The van der Waals surface area contributed by atoms with Gasteiger partial charge in [0.2, 0.25) is 0 Å². The van der Waals surface area contributed by atoms with Crippen molar-refractivity contribution in [1.29, 1.82) is 0 Å². The van der Waals surface area contributed by atoms with Gasteiger partial charge in [-0.2, -0.15) is 0 Å². The van der Waals surface area contributed by atoms with E-state index in [1.807, 2.05) is 4.90 Å². The van der Waals surface area contributed by atoms with Gasteiger partial charge in [-0.15, -0.1) is 11.8 Å². The average Bonchev–Trinajstić information content (AvgIpc) is 3.16. The number of carbonyl (C=O) groups is 2. The highest BCUT2D eigenvalue weighted by atomic mass is 32.2. The lowest BCUT2D eigenvalue weighted by molar-refractivity contribution is -0.150. The van der Waals surface area contributed by atoms with Crippen molar-refractivity contribution in [3.63, 3.8) is 0 Å². The molecule has 2 aliphatic carbocycles. The summed E-state index contributed by atoms with van der Waals surface area (Å²) in [5, 5.41) is 12.3. The Morgan fingerprint density at radius 1 is 1.28 bits per heavy atom. The third-order valence-electron chi connectivity index (χ3n) is 5.87. The van der Waals surface area contributed by atoms with Crippen molar-refractivity contribution < 1.29 is 19.4 Å². The number of carboxylic acid groups (broad SMARTS) is 1. The van der Waals surface area contributed by atoms with Gasteiger partial charge in [-0.1, -0.05) is 37.0 Å². The van der Waals surface area contributed by atoms with E-state index in [4.69, 9.17) is 9.84 Å². The van der Waals surface area contributed by atoms with Gasteiger partial charge in [-0.3, -0.25) is 15.0 Å². The van der Waals surface area contributed by atoms with E-state index in [1.165, 1.54) is 35.9 Å². The Labute approximate surface area is 180 Å². The van der Waals surface area contributed by atoms with Gasteiger partial charge in [0.1, 0.15) is 5.72 Å². The molecular weight excluding hydrogens is 410 g/mol. The third-order valence-corrected chi connectivity index (χ3v) is 7.98. The van der Waals surface area contributed by atoms with Gasteiger partial charge in [0.05, 0.1) is 16.8 Å². The predicted molar refractivity (Wildman–Crippen MR) is 116 cm³/mol. The fourth-order valence-corrected chi connectivity index (χ4v) is 6.31. The van der Waals surface area contributed by atoms with E-state index in [2.05, 4.69) is 10.3 Å². The normalized spacial score (nSPS) is 19.6. The Bertz CT molecular complexity index is 685. The zero-order valence-electron chi connectivity index (χ0n) is 17.0. The molecule has 9 heteroatoms. The smallest absolute Gasteiger partial charge is 0.326 e. The van der Waals surface area contributed by atoms with Gasteiger partial charge >= 0.3 is 12.0 Å². The first-order valence-corrected chi connectivity index (χ1v) is 12.3. The molecule has 7 nitrogen and oxygen atoms in total. The molecule has 29 heavy (non-hydrogen) atoms. The molecule has 0 aliphatic heterocycles. The summed E-state index contributed by atoms with van der Waals surface area (Å²) in [6, 6.07) is 0.0725. The van der Waals surface area contributed by atoms with E-state index in [-0.39, 0.29) is 18.5 Å². The number of hydrogen-bond acceptors (Lipinski definition) is 6. The molecule has 2 N–H and O–H groups in total. The highest BCUT2D eigenvalue weighted by Crippen LogP contribution is 2.39. The molecule has 0 radical (unpaired) electrons. The minimum absolute atomic E-state index is 0.107. The van der Waals surface area contributed by atoms with Crippen LogP contribution in [0.2, 0.25) is 0 Å². The summed E-state index contributed by atoms with van der Waals surface area (Å²) in [7, 11) is 1.73. The number of nitrogens with one attached hydrogen (secondary N) is 1. The zero-order valence-corrected chi connectivity index (χ0v) is 18.7. The first kappa shape index (κ1) is 22.4. The molecule has 0 bridgehead atoms. The molecule has 0 saturated heterocycles. The molecule has 2 fully saturated rings. The summed E-state index contributed by atoms with van der Waals surface area (Å²) in [5.74, 6) is -0.317. The summed E-state index contributed by atoms with van der Waals surface area (Å²) >= 11 is 2.84. The van der Waals surface area contributed by atoms with Crippen LogP contribution in [0.1, 0.15) is 70.6 Å². The van der Waals surface area contributed by atoms with Gasteiger partial charge < -0.3 is 9.84 Å². The largest absolute Gasteiger partial charge is 0.481 e. The SMILES string of the molecule is COC1(N(C(=O)Nc2ncc(SCCC(=O)O)s2)C2CCCCC2)CCCCC1. The number of carboxylic acids is 1. The van der Waals surface area contributed by atoms with E-state index in [1.54, 1.807) is 13.3 Å². The van der Waals surface area contributed by atoms with Crippen molar-refractivity contribution in [2.45, 2.75) is 86.6 Å². The number of methoxy groups -OCH3 is 1. The highest BCUT2D eigenvalue weighted by molar-refractivity contribution is 8.01. The Morgan fingerprint density at radius 3 is 2.62 bits per heavy atom. The summed E-state index contributed by atoms with van der Waals surface area (Å²) in [4.78, 5) is 30.4. The van der Waals surface area contributed by atoms with Crippen molar-refractivity contribution >= 4 is 40.2 Å². The second-order valence-corrected chi connectivity index (χ2v) is 10.2. The van der Waals surface area contributed by atoms with E-state index in [9.17, 15) is 9.59 Å². The van der Waals surface area contributed by atoms with E-state index in [0.717, 1.165) is 55.6 Å². The molecule has 2 saturated carbocycles. The number of thioether (sulfide) groups is 1. The first-order chi connectivity index (χ1) is 14.0. The molecule has 2 aliphatic rings. The van der Waals surface area contributed by atoms with Crippen LogP contribution in [0.25, 0.3) is 0 Å². The summed E-state index contributed by atoms with van der Waals surface area (Å²) in [6.45, 7) is 0. The number of hydrogen-bond donors (Lipinski definition) is 2. The molecular formula is C20H31N3O4S2. The first-order valence-electron chi connectivity index (χ1n) is 10.5. The van der Waals surface area contributed by atoms with Gasteiger partial charge in [-0.05, 0) is 38.5 Å². The molecule has 2 amide bonds. The third kappa shape index (κ3) is 5.86. The molecule has 0 atom stereocenters. The molecule has 1 heterocycles. The van der Waals surface area contributed by atoms with Gasteiger partial charge in [0, 0.05) is 18.9 Å². The van der Waals surface area contributed by atoms with Gasteiger partial charge in [0.25, 0.3) is 0 Å². The van der Waals surface area contributed by atoms with Crippen molar-refractivity contribution in [3.8, 4) is 0 Å². The molecule has 1 aromatic rings. The van der Waals surface area contributed by atoms with Crippen LogP contribution in [0, 0.1) is 0 Å². The Kier molecular flexibility index (Phi) is 8.20. The van der Waals surface area contributed by atoms with Crippen LogP contribution < -0.4 is 5.32 Å². The number of ether oxygens (including phenoxy) is 1. The summed E-state index contributed by atoms with van der Waals surface area (Å²) in [5.41, 5.74) is -0.527.